The molecule has 1 aromatic carbocycles. The van der Waals surface area contributed by atoms with Crippen molar-refractivity contribution in [3.8, 4) is 0 Å². The van der Waals surface area contributed by atoms with Crippen LogP contribution in [0.2, 0.25) is 0 Å². The van der Waals surface area contributed by atoms with Gasteiger partial charge < -0.3 is 4.98 Å². The third kappa shape index (κ3) is 7.33. The highest BCUT2D eigenvalue weighted by atomic mass is 35.5. The molecule has 0 aliphatic heterocycles. The number of pyridine rings is 1. The van der Waals surface area contributed by atoms with Gasteiger partial charge in [0.25, 0.3) is 0 Å². The molecule has 0 amide bonds. The number of aromatic amines is 1. The highest BCUT2D eigenvalue weighted by Gasteiger charge is 2.27. The number of rotatable bonds is 5. The van der Waals surface area contributed by atoms with E-state index in [0.29, 0.717) is 17.7 Å². The fourth-order valence-electron chi connectivity index (χ4n) is 4.70. The summed E-state index contributed by atoms with van der Waals surface area (Å²) in [6.07, 6.45) is 17.3. The lowest BCUT2D eigenvalue weighted by molar-refractivity contribution is 0.101. The molecule has 2 bridgehead atoms. The zero-order valence-electron chi connectivity index (χ0n) is 23.6. The molecule has 0 fully saturated rings. The summed E-state index contributed by atoms with van der Waals surface area (Å²) in [5.74, 6) is 1.44. The quantitative estimate of drug-likeness (QED) is 0.203. The number of alkyl halides is 1. The predicted molar refractivity (Wildman–Crippen MR) is 165 cm³/mol. The number of hydrogen-bond acceptors (Lipinski definition) is 2. The number of allylic oxidation sites excluding steroid dienone is 9. The molecular formula is C34H41ClN2O. The van der Waals surface area contributed by atoms with E-state index in [0.717, 1.165) is 23.0 Å². The van der Waals surface area contributed by atoms with Crippen LogP contribution in [0.5, 0.6) is 0 Å². The van der Waals surface area contributed by atoms with Gasteiger partial charge in [-0.2, -0.15) is 0 Å². The second kappa shape index (κ2) is 15.7. The topological polar surface area (TPSA) is 45.8 Å². The van der Waals surface area contributed by atoms with Gasteiger partial charge in [0.05, 0.1) is 0 Å². The molecule has 2 unspecified atom stereocenters. The molecule has 38 heavy (non-hydrogen) atoms. The van der Waals surface area contributed by atoms with Crippen LogP contribution >= 0.6 is 11.6 Å². The molecular weight excluding hydrogens is 488 g/mol. The van der Waals surface area contributed by atoms with Crippen LogP contribution in [0.3, 0.4) is 0 Å². The van der Waals surface area contributed by atoms with E-state index < -0.39 is 0 Å². The molecule has 2 aliphatic carbocycles. The SMILES string of the molecule is C=C/C=C(\CCl)CC1=CC=CC2=CC1c1ccccc1C2C.CC.CC.CC(=O)c1ccnc2[nH]ccc12. The Morgan fingerprint density at radius 1 is 1.11 bits per heavy atom. The van der Waals surface area contributed by atoms with Crippen LogP contribution in [0, 0.1) is 0 Å². The fourth-order valence-corrected chi connectivity index (χ4v) is 4.89. The van der Waals surface area contributed by atoms with E-state index in [4.69, 9.17) is 11.6 Å². The van der Waals surface area contributed by atoms with Crippen LogP contribution < -0.4 is 0 Å². The number of halogens is 1. The van der Waals surface area contributed by atoms with Crippen LogP contribution in [0.15, 0.2) is 109 Å². The van der Waals surface area contributed by atoms with Crippen molar-refractivity contribution >= 4 is 28.4 Å². The smallest absolute Gasteiger partial charge is 0.160 e. The summed E-state index contributed by atoms with van der Waals surface area (Å²) < 4.78 is 0. The largest absolute Gasteiger partial charge is 0.346 e. The summed E-state index contributed by atoms with van der Waals surface area (Å²) in [5.41, 5.74) is 8.39. The Labute approximate surface area is 233 Å². The van der Waals surface area contributed by atoms with Gasteiger partial charge in [0, 0.05) is 41.1 Å². The maximum absolute atomic E-state index is 11.1. The minimum absolute atomic E-state index is 0.0713. The molecule has 0 radical (unpaired) electrons. The lowest BCUT2D eigenvalue weighted by atomic mass is 9.75. The number of H-pyrrole nitrogens is 1. The Balaban J connectivity index is 0.000000267. The van der Waals surface area contributed by atoms with E-state index in [2.05, 4.69) is 72.0 Å². The molecule has 2 atom stereocenters. The van der Waals surface area contributed by atoms with Crippen molar-refractivity contribution in [2.24, 2.45) is 0 Å². The van der Waals surface area contributed by atoms with Crippen molar-refractivity contribution in [3.05, 3.63) is 125 Å². The first-order valence-corrected chi connectivity index (χ1v) is 14.0. The predicted octanol–water partition coefficient (Wildman–Crippen LogP) is 9.87. The summed E-state index contributed by atoms with van der Waals surface area (Å²) in [6.45, 7) is 15.6. The molecule has 0 saturated carbocycles. The molecule has 2 aliphatic rings. The molecule has 0 spiro atoms. The summed E-state index contributed by atoms with van der Waals surface area (Å²) in [6, 6.07) is 12.4. The van der Waals surface area contributed by atoms with Gasteiger partial charge in [0.15, 0.2) is 5.78 Å². The molecule has 4 heteroatoms. The van der Waals surface area contributed by atoms with Gasteiger partial charge in [-0.25, -0.2) is 4.98 Å². The first-order chi connectivity index (χ1) is 18.5. The highest BCUT2D eigenvalue weighted by molar-refractivity contribution is 6.19. The monoisotopic (exact) mass is 528 g/mol. The Hall–Kier alpha value is -3.43. The first-order valence-electron chi connectivity index (χ1n) is 13.5. The zero-order chi connectivity index (χ0) is 28.1. The van der Waals surface area contributed by atoms with Gasteiger partial charge in [0.2, 0.25) is 0 Å². The van der Waals surface area contributed by atoms with E-state index in [9.17, 15) is 4.79 Å². The molecule has 3 aromatic rings. The minimum atomic E-state index is 0.0713. The van der Waals surface area contributed by atoms with E-state index in [-0.39, 0.29) is 5.78 Å². The van der Waals surface area contributed by atoms with Gasteiger partial charge in [-0.1, -0.05) is 113 Å². The Morgan fingerprint density at radius 2 is 1.82 bits per heavy atom. The molecule has 0 saturated heterocycles. The van der Waals surface area contributed by atoms with Gasteiger partial charge in [-0.3, -0.25) is 4.79 Å². The second-order valence-electron chi connectivity index (χ2n) is 8.62. The van der Waals surface area contributed by atoms with Gasteiger partial charge in [0.1, 0.15) is 5.65 Å². The van der Waals surface area contributed by atoms with E-state index in [1.807, 2.05) is 45.9 Å². The maximum Gasteiger partial charge on any atom is 0.160 e. The van der Waals surface area contributed by atoms with Gasteiger partial charge >= 0.3 is 0 Å². The van der Waals surface area contributed by atoms with Crippen molar-refractivity contribution in [2.45, 2.75) is 59.8 Å². The van der Waals surface area contributed by atoms with Crippen LogP contribution in [-0.2, 0) is 0 Å². The second-order valence-corrected chi connectivity index (χ2v) is 8.89. The van der Waals surface area contributed by atoms with Crippen molar-refractivity contribution in [2.75, 3.05) is 5.88 Å². The summed E-state index contributed by atoms with van der Waals surface area (Å²) in [7, 11) is 0. The Bertz CT molecular complexity index is 1340. The number of nitrogens with zero attached hydrogens (tertiary/aromatic N) is 1. The van der Waals surface area contributed by atoms with Crippen LogP contribution in [0.4, 0.5) is 0 Å². The van der Waals surface area contributed by atoms with Crippen LogP contribution in [0.1, 0.15) is 81.3 Å². The van der Waals surface area contributed by atoms with E-state index in [1.165, 1.54) is 27.8 Å². The molecule has 3 nitrogen and oxygen atoms in total. The molecule has 2 aromatic heterocycles. The number of carbonyl (C=O) groups is 1. The number of ketones is 1. The summed E-state index contributed by atoms with van der Waals surface area (Å²) >= 11 is 6.09. The molecule has 2 heterocycles. The Morgan fingerprint density at radius 3 is 2.47 bits per heavy atom. The van der Waals surface area contributed by atoms with E-state index in [1.54, 1.807) is 25.4 Å². The number of fused-ring (bicyclic) bond motifs is 4. The van der Waals surface area contributed by atoms with Crippen molar-refractivity contribution in [1.82, 2.24) is 9.97 Å². The maximum atomic E-state index is 11.1. The van der Waals surface area contributed by atoms with Gasteiger partial charge in [-0.15, -0.1) is 11.6 Å². The number of aromatic nitrogens is 2. The lowest BCUT2D eigenvalue weighted by Crippen LogP contribution is -2.13. The zero-order valence-corrected chi connectivity index (χ0v) is 24.3. The van der Waals surface area contributed by atoms with Crippen molar-refractivity contribution < 1.29 is 4.79 Å². The number of nitrogens with one attached hydrogen (secondary N) is 1. The third-order valence-electron chi connectivity index (χ3n) is 6.45. The third-order valence-corrected chi connectivity index (χ3v) is 6.79. The number of Topliss-reactive ketones (excluding diaryl/α,β-unsaturated/α-hetero) is 1. The number of hydrogen-bond donors (Lipinski definition) is 1. The molecule has 1 N–H and O–H groups in total. The van der Waals surface area contributed by atoms with Crippen molar-refractivity contribution in [3.63, 3.8) is 0 Å². The number of benzene rings is 1. The van der Waals surface area contributed by atoms with Crippen LogP contribution in [0.25, 0.3) is 11.0 Å². The summed E-state index contributed by atoms with van der Waals surface area (Å²) in [4.78, 5) is 18.1. The fraction of sp³-hybridized carbons (Fsp3) is 0.294. The van der Waals surface area contributed by atoms with Gasteiger partial charge in [-0.05, 0) is 42.2 Å². The lowest BCUT2D eigenvalue weighted by Gasteiger charge is -2.29. The average Bonchev–Trinajstić information content (AvgIpc) is 3.37. The Kier molecular flexibility index (Phi) is 12.8. The number of carbonyl (C=O) groups excluding carboxylic acids is 1. The average molecular weight is 529 g/mol. The first kappa shape index (κ1) is 30.8. The minimum Gasteiger partial charge on any atom is -0.346 e. The summed E-state index contributed by atoms with van der Waals surface area (Å²) in [5, 5.41) is 0.894. The highest BCUT2D eigenvalue weighted by Crippen LogP contribution is 2.44. The van der Waals surface area contributed by atoms with Crippen molar-refractivity contribution in [1.29, 1.82) is 0 Å². The molecule has 5 rings (SSSR count). The normalized spacial score (nSPS) is 17.1. The van der Waals surface area contributed by atoms with E-state index >= 15 is 0 Å². The van der Waals surface area contributed by atoms with Crippen LogP contribution in [-0.4, -0.2) is 21.6 Å². The molecule has 200 valence electrons. The standard InChI is InChI=1S/C21H21Cl.C9H8N2O.2C2H6/c1-3-7-16(14-22)12-18-9-6-8-17-13-21(18)20-11-5-4-10-19(20)15(17)2;1-6(12)7-2-4-10-9-8(7)3-5-11-9;2*1-2/h3-11,13,15,21H,1,12,14H2,2H3;2-5H,1H3,(H,10,11);2*1-2H3/b16-7-;;;.